The number of hydrogen-bond donors (Lipinski definition) is 0. The van der Waals surface area contributed by atoms with Crippen LogP contribution in [0.4, 0.5) is 0 Å². The van der Waals surface area contributed by atoms with E-state index < -0.39 is 0 Å². The molecule has 0 aliphatic heterocycles. The minimum absolute atomic E-state index is 0.983. The third kappa shape index (κ3) is 5.85. The first-order valence-corrected chi connectivity index (χ1v) is 20.4. The summed E-state index contributed by atoms with van der Waals surface area (Å²) in [6, 6.07) is 76.1. The van der Waals surface area contributed by atoms with Crippen LogP contribution in [0.2, 0.25) is 0 Å². The lowest BCUT2D eigenvalue weighted by Gasteiger charge is -2.25. The van der Waals surface area contributed by atoms with Crippen molar-refractivity contribution in [2.45, 2.75) is 12.8 Å². The van der Waals surface area contributed by atoms with Crippen molar-refractivity contribution >= 4 is 38.4 Å². The van der Waals surface area contributed by atoms with Gasteiger partial charge >= 0.3 is 0 Å². The Morgan fingerprint density at radius 3 is 1.45 bits per heavy atom. The van der Waals surface area contributed by atoms with E-state index in [1.807, 2.05) is 0 Å². The first kappa shape index (κ1) is 34.0. The third-order valence-electron chi connectivity index (χ3n) is 12.1. The van der Waals surface area contributed by atoms with E-state index in [1.165, 1.54) is 110 Å². The van der Waals surface area contributed by atoms with Gasteiger partial charge in [0.15, 0.2) is 0 Å². The lowest BCUT2D eigenvalue weighted by molar-refractivity contribution is 0.991. The Hall–Kier alpha value is -7.28. The molecule has 0 spiro atoms. The second-order valence-corrected chi connectivity index (χ2v) is 15.5. The van der Waals surface area contributed by atoms with Crippen LogP contribution in [0.15, 0.2) is 212 Å². The fraction of sp³-hybridized carbons (Fsp3) is 0.0345. The second-order valence-electron chi connectivity index (χ2n) is 15.5. The third-order valence-corrected chi connectivity index (χ3v) is 12.1. The van der Waals surface area contributed by atoms with Gasteiger partial charge in [-0.2, -0.15) is 0 Å². The van der Waals surface area contributed by atoms with Crippen molar-refractivity contribution in [1.82, 2.24) is 0 Å². The maximum Gasteiger partial charge on any atom is -0.00295 e. The molecule has 10 aromatic carbocycles. The zero-order chi connectivity index (χ0) is 38.4. The Morgan fingerprint density at radius 1 is 0.293 bits per heavy atom. The van der Waals surface area contributed by atoms with Gasteiger partial charge in [0.25, 0.3) is 0 Å². The largest absolute Gasteiger partial charge is 0.0836 e. The van der Waals surface area contributed by atoms with Gasteiger partial charge in [0.1, 0.15) is 0 Å². The summed E-state index contributed by atoms with van der Waals surface area (Å²) in [5.74, 6) is 0. The first-order chi connectivity index (χ1) is 28.8. The van der Waals surface area contributed by atoms with Crippen molar-refractivity contribution in [3.63, 3.8) is 0 Å². The van der Waals surface area contributed by atoms with Crippen LogP contribution in [0.25, 0.3) is 105 Å². The molecule has 10 aromatic rings. The van der Waals surface area contributed by atoms with Crippen LogP contribution >= 0.6 is 0 Å². The summed E-state index contributed by atoms with van der Waals surface area (Å²) in [5, 5.41) is 7.63. The van der Waals surface area contributed by atoms with E-state index in [-0.39, 0.29) is 0 Å². The van der Waals surface area contributed by atoms with Gasteiger partial charge in [0.2, 0.25) is 0 Å². The molecule has 1 aliphatic rings. The molecule has 0 N–H and O–H groups in total. The monoisotopic (exact) mass is 736 g/mol. The molecule has 0 nitrogen and oxygen atoms in total. The van der Waals surface area contributed by atoms with E-state index in [9.17, 15) is 0 Å². The van der Waals surface area contributed by atoms with Gasteiger partial charge in [-0.05, 0) is 141 Å². The summed E-state index contributed by atoms with van der Waals surface area (Å²) >= 11 is 0. The molecular formula is C58H40. The van der Waals surface area contributed by atoms with Crippen molar-refractivity contribution in [1.29, 1.82) is 0 Å². The number of rotatable bonds is 6. The maximum absolute atomic E-state index is 2.48. The Balaban J connectivity index is 1.19. The van der Waals surface area contributed by atoms with Crippen LogP contribution < -0.4 is 0 Å². The molecule has 0 heteroatoms. The molecule has 0 aromatic heterocycles. The van der Waals surface area contributed by atoms with Gasteiger partial charge in [0, 0.05) is 0 Å². The van der Waals surface area contributed by atoms with Crippen molar-refractivity contribution in [3.05, 3.63) is 223 Å². The van der Waals surface area contributed by atoms with E-state index in [0.717, 1.165) is 12.8 Å². The molecule has 0 radical (unpaired) electrons. The fourth-order valence-electron chi connectivity index (χ4n) is 9.49. The van der Waals surface area contributed by atoms with Gasteiger partial charge in [-0.25, -0.2) is 0 Å². The van der Waals surface area contributed by atoms with Crippen molar-refractivity contribution in [3.8, 4) is 66.8 Å². The highest BCUT2D eigenvalue weighted by molar-refractivity contribution is 6.12. The minimum Gasteiger partial charge on any atom is -0.0836 e. The molecular weight excluding hydrogens is 697 g/mol. The predicted molar refractivity (Wildman–Crippen MR) is 249 cm³/mol. The molecule has 11 rings (SSSR count). The lowest BCUT2D eigenvalue weighted by atomic mass is 9.79. The fourth-order valence-corrected chi connectivity index (χ4v) is 9.49. The molecule has 0 fully saturated rings. The lowest BCUT2D eigenvalue weighted by Crippen LogP contribution is -2.03. The summed E-state index contributed by atoms with van der Waals surface area (Å²) in [4.78, 5) is 0. The SMILES string of the molecule is C1=Cc2c(c(-c3cccc(-c4cccc5ccccc45)c3)c3cc(-c4ccccc4-c4ccccc4)ccc3c2-c2cccc(-c3cccc4ccccc34)c2)CC1. The summed E-state index contributed by atoms with van der Waals surface area (Å²) in [5.41, 5.74) is 17.8. The van der Waals surface area contributed by atoms with E-state index in [1.54, 1.807) is 0 Å². The molecule has 0 saturated heterocycles. The topological polar surface area (TPSA) is 0 Å². The summed E-state index contributed by atoms with van der Waals surface area (Å²) in [6.07, 6.45) is 6.76. The quantitative estimate of drug-likeness (QED) is 0.159. The van der Waals surface area contributed by atoms with Gasteiger partial charge in [-0.1, -0.05) is 200 Å². The van der Waals surface area contributed by atoms with Crippen LogP contribution in [0, 0.1) is 0 Å². The number of benzene rings is 10. The average molecular weight is 737 g/mol. The van der Waals surface area contributed by atoms with Gasteiger partial charge in [-0.3, -0.25) is 0 Å². The minimum atomic E-state index is 0.983. The molecule has 0 amide bonds. The van der Waals surface area contributed by atoms with E-state index in [2.05, 4.69) is 218 Å². The Morgan fingerprint density at radius 2 is 0.776 bits per heavy atom. The number of fused-ring (bicyclic) bond motifs is 4. The number of allylic oxidation sites excluding steroid dienone is 1. The number of hydrogen-bond acceptors (Lipinski definition) is 0. The Kier molecular flexibility index (Phi) is 8.41. The molecule has 0 unspecified atom stereocenters. The molecule has 58 heavy (non-hydrogen) atoms. The van der Waals surface area contributed by atoms with Crippen LogP contribution in [-0.4, -0.2) is 0 Å². The summed E-state index contributed by atoms with van der Waals surface area (Å²) in [7, 11) is 0. The Bertz CT molecular complexity index is 3210. The van der Waals surface area contributed by atoms with Crippen LogP contribution in [-0.2, 0) is 6.42 Å². The zero-order valence-corrected chi connectivity index (χ0v) is 32.2. The normalized spacial score (nSPS) is 12.3. The molecule has 0 atom stereocenters. The summed E-state index contributed by atoms with van der Waals surface area (Å²) < 4.78 is 0. The maximum atomic E-state index is 2.48. The molecule has 0 saturated carbocycles. The molecule has 0 bridgehead atoms. The van der Waals surface area contributed by atoms with Gasteiger partial charge < -0.3 is 0 Å². The standard InChI is InChI=1S/C58H40/c1-2-16-39(17-3-1)47-28-8-9-29-50(47)44-34-35-55-56(38-44)58(46-25-13-23-43(37-46)52-33-15-21-41-19-5-7-27-49(41)52)54-31-11-10-30-53(54)57(55)45-24-12-22-42(36-45)51-32-14-20-40-18-4-6-26-48(40)51/h1-10,12-30,32-38H,11,31H2. The van der Waals surface area contributed by atoms with Crippen LogP contribution in [0.1, 0.15) is 17.5 Å². The van der Waals surface area contributed by atoms with E-state index in [0.29, 0.717) is 0 Å². The molecule has 0 heterocycles. The average Bonchev–Trinajstić information content (AvgIpc) is 3.30. The molecule has 1 aliphatic carbocycles. The zero-order valence-electron chi connectivity index (χ0n) is 32.2. The van der Waals surface area contributed by atoms with Gasteiger partial charge in [-0.15, -0.1) is 0 Å². The van der Waals surface area contributed by atoms with Crippen molar-refractivity contribution < 1.29 is 0 Å². The molecule has 272 valence electrons. The van der Waals surface area contributed by atoms with Crippen molar-refractivity contribution in [2.75, 3.05) is 0 Å². The highest BCUT2D eigenvalue weighted by atomic mass is 14.3. The van der Waals surface area contributed by atoms with Crippen LogP contribution in [0.5, 0.6) is 0 Å². The highest BCUT2D eigenvalue weighted by Crippen LogP contribution is 2.47. The second kappa shape index (κ2) is 14.3. The predicted octanol–water partition coefficient (Wildman–Crippen LogP) is 16.1. The van der Waals surface area contributed by atoms with Crippen LogP contribution in [0.3, 0.4) is 0 Å². The Labute approximate surface area is 340 Å². The highest BCUT2D eigenvalue weighted by Gasteiger charge is 2.23. The van der Waals surface area contributed by atoms with E-state index in [4.69, 9.17) is 0 Å². The smallest absolute Gasteiger partial charge is 0.00295 e. The van der Waals surface area contributed by atoms with Crippen molar-refractivity contribution in [2.24, 2.45) is 0 Å². The van der Waals surface area contributed by atoms with Gasteiger partial charge in [0.05, 0.1) is 0 Å². The summed E-state index contributed by atoms with van der Waals surface area (Å²) in [6.45, 7) is 0. The first-order valence-electron chi connectivity index (χ1n) is 20.4. The van der Waals surface area contributed by atoms with E-state index >= 15 is 0 Å².